The van der Waals surface area contributed by atoms with Crippen molar-refractivity contribution in [1.29, 1.82) is 0 Å². The number of methoxy groups -OCH3 is 1. The third-order valence-electron chi connectivity index (χ3n) is 2.48. The first-order valence-electron chi connectivity index (χ1n) is 4.93. The summed E-state index contributed by atoms with van der Waals surface area (Å²) in [4.78, 5) is 10.9. The van der Waals surface area contributed by atoms with E-state index < -0.39 is 37.3 Å². The highest BCUT2D eigenvalue weighted by atomic mass is 16.7. The highest BCUT2D eigenvalue weighted by Gasteiger charge is 2.44. The second-order valence-electron chi connectivity index (χ2n) is 3.67. The van der Waals surface area contributed by atoms with E-state index >= 15 is 0 Å². The zero-order valence-corrected chi connectivity index (χ0v) is 9.16. The molecule has 7 nitrogen and oxygen atoms in total. The van der Waals surface area contributed by atoms with E-state index in [1.54, 1.807) is 0 Å². The van der Waals surface area contributed by atoms with E-state index in [4.69, 9.17) is 14.6 Å². The van der Waals surface area contributed by atoms with Gasteiger partial charge in [0.1, 0.15) is 24.4 Å². The van der Waals surface area contributed by atoms with Crippen molar-refractivity contribution in [2.45, 2.75) is 37.6 Å². The molecule has 1 saturated heterocycles. The SMILES string of the molecule is CO[C@H]1O[C@H](CO)[C@@H](O)[C@@H](O)[C@H]1NC(C)=O. The van der Waals surface area contributed by atoms with E-state index in [1.165, 1.54) is 14.0 Å². The Kier molecular flexibility index (Phi) is 4.63. The third kappa shape index (κ3) is 2.69. The minimum atomic E-state index is -1.27. The minimum Gasteiger partial charge on any atom is -0.394 e. The van der Waals surface area contributed by atoms with Crippen molar-refractivity contribution in [2.24, 2.45) is 0 Å². The Bertz CT molecular complexity index is 246. The lowest BCUT2D eigenvalue weighted by atomic mass is 9.97. The number of ether oxygens (including phenoxy) is 2. The fraction of sp³-hybridized carbons (Fsp3) is 0.889. The molecule has 1 amide bonds. The molecule has 0 aromatic heterocycles. The molecule has 7 heteroatoms. The van der Waals surface area contributed by atoms with Gasteiger partial charge in [-0.1, -0.05) is 0 Å². The number of hydrogen-bond donors (Lipinski definition) is 4. The normalized spacial score (nSPS) is 39.4. The van der Waals surface area contributed by atoms with Gasteiger partial charge < -0.3 is 30.1 Å². The third-order valence-corrected chi connectivity index (χ3v) is 2.48. The van der Waals surface area contributed by atoms with Gasteiger partial charge in [0.15, 0.2) is 6.29 Å². The molecule has 0 unspecified atom stereocenters. The number of aliphatic hydroxyl groups is 3. The maximum Gasteiger partial charge on any atom is 0.217 e. The Morgan fingerprint density at radius 2 is 2.06 bits per heavy atom. The van der Waals surface area contributed by atoms with E-state index in [0.717, 1.165) is 0 Å². The molecule has 5 atom stereocenters. The number of rotatable bonds is 3. The predicted octanol–water partition coefficient (Wildman–Crippen LogP) is -2.42. The van der Waals surface area contributed by atoms with Crippen LogP contribution in [0.5, 0.6) is 0 Å². The van der Waals surface area contributed by atoms with E-state index in [0.29, 0.717) is 0 Å². The van der Waals surface area contributed by atoms with Crippen LogP contribution in [0.25, 0.3) is 0 Å². The summed E-state index contributed by atoms with van der Waals surface area (Å²) in [6, 6.07) is -0.861. The van der Waals surface area contributed by atoms with Crippen molar-refractivity contribution >= 4 is 5.91 Å². The molecular formula is C9H17NO6. The molecule has 0 aromatic carbocycles. The Hall–Kier alpha value is -0.730. The van der Waals surface area contributed by atoms with Crippen LogP contribution in [0.3, 0.4) is 0 Å². The molecule has 0 spiro atoms. The summed E-state index contributed by atoms with van der Waals surface area (Å²) in [5.41, 5.74) is 0. The summed E-state index contributed by atoms with van der Waals surface area (Å²) in [5.74, 6) is -0.371. The van der Waals surface area contributed by atoms with Crippen LogP contribution in [0.4, 0.5) is 0 Å². The van der Waals surface area contributed by atoms with Crippen molar-refractivity contribution in [3.8, 4) is 0 Å². The zero-order valence-electron chi connectivity index (χ0n) is 9.16. The Morgan fingerprint density at radius 1 is 1.44 bits per heavy atom. The zero-order chi connectivity index (χ0) is 12.3. The summed E-state index contributed by atoms with van der Waals surface area (Å²) < 4.78 is 10.1. The van der Waals surface area contributed by atoms with E-state index in [1.807, 2.05) is 0 Å². The van der Waals surface area contributed by atoms with Crippen molar-refractivity contribution in [1.82, 2.24) is 5.32 Å². The Balaban J connectivity index is 2.77. The van der Waals surface area contributed by atoms with Gasteiger partial charge in [-0.2, -0.15) is 0 Å². The molecule has 0 saturated carbocycles. The predicted molar refractivity (Wildman–Crippen MR) is 52.4 cm³/mol. The van der Waals surface area contributed by atoms with Gasteiger partial charge in [-0.3, -0.25) is 4.79 Å². The van der Waals surface area contributed by atoms with Crippen molar-refractivity contribution in [2.75, 3.05) is 13.7 Å². The summed E-state index contributed by atoms with van der Waals surface area (Å²) in [7, 11) is 1.35. The van der Waals surface area contributed by atoms with Crippen LogP contribution in [0, 0.1) is 0 Å². The molecule has 0 aliphatic carbocycles. The lowest BCUT2D eigenvalue weighted by Crippen LogP contribution is -2.64. The van der Waals surface area contributed by atoms with Crippen molar-refractivity contribution in [3.05, 3.63) is 0 Å². The first kappa shape index (κ1) is 13.3. The van der Waals surface area contributed by atoms with E-state index in [9.17, 15) is 15.0 Å². The van der Waals surface area contributed by atoms with Crippen LogP contribution in [-0.4, -0.2) is 65.6 Å². The second-order valence-corrected chi connectivity index (χ2v) is 3.67. The first-order chi connectivity index (χ1) is 7.51. The number of nitrogens with one attached hydrogen (secondary N) is 1. The van der Waals surface area contributed by atoms with Gasteiger partial charge in [0.05, 0.1) is 6.61 Å². The first-order valence-corrected chi connectivity index (χ1v) is 4.93. The lowest BCUT2D eigenvalue weighted by molar-refractivity contribution is -0.262. The lowest BCUT2D eigenvalue weighted by Gasteiger charge is -2.41. The molecular weight excluding hydrogens is 218 g/mol. The van der Waals surface area contributed by atoms with Crippen LogP contribution in [0.15, 0.2) is 0 Å². The maximum absolute atomic E-state index is 10.9. The molecule has 4 N–H and O–H groups in total. The molecule has 16 heavy (non-hydrogen) atoms. The van der Waals surface area contributed by atoms with Crippen LogP contribution in [0.2, 0.25) is 0 Å². The molecule has 0 bridgehead atoms. The molecule has 1 aliphatic rings. The number of carbonyl (C=O) groups excluding carboxylic acids is 1. The van der Waals surface area contributed by atoms with Crippen molar-refractivity contribution < 1.29 is 29.6 Å². The molecule has 1 aliphatic heterocycles. The largest absolute Gasteiger partial charge is 0.394 e. The monoisotopic (exact) mass is 235 g/mol. The summed E-state index contributed by atoms with van der Waals surface area (Å²) in [6.07, 6.45) is -4.35. The number of aliphatic hydroxyl groups excluding tert-OH is 3. The van der Waals surface area contributed by atoms with E-state index in [-0.39, 0.29) is 5.91 Å². The van der Waals surface area contributed by atoms with Gasteiger partial charge in [0.2, 0.25) is 5.91 Å². The summed E-state index contributed by atoms with van der Waals surface area (Å²) in [5, 5.41) is 30.7. The molecule has 0 radical (unpaired) electrons. The average Bonchev–Trinajstić information content (AvgIpc) is 2.25. The molecule has 1 fully saturated rings. The quantitative estimate of drug-likeness (QED) is 0.433. The van der Waals surface area contributed by atoms with Gasteiger partial charge in [-0.25, -0.2) is 0 Å². The van der Waals surface area contributed by atoms with Crippen molar-refractivity contribution in [3.63, 3.8) is 0 Å². The minimum absolute atomic E-state index is 0.371. The number of amides is 1. The number of hydrogen-bond acceptors (Lipinski definition) is 6. The average molecular weight is 235 g/mol. The summed E-state index contributed by atoms with van der Waals surface area (Å²) >= 11 is 0. The molecule has 0 aromatic rings. The standard InChI is InChI=1S/C9H17NO6/c1-4(12)10-6-8(14)7(13)5(3-11)16-9(6)15-2/h5-9,11,13-14H,3H2,1-2H3,(H,10,12)/t5-,6-,7-,8+,9+/m1/s1. The topological polar surface area (TPSA) is 108 Å². The van der Waals surface area contributed by atoms with Crippen LogP contribution >= 0.6 is 0 Å². The molecule has 1 rings (SSSR count). The van der Waals surface area contributed by atoms with Gasteiger partial charge in [-0.15, -0.1) is 0 Å². The van der Waals surface area contributed by atoms with Crippen LogP contribution in [-0.2, 0) is 14.3 Å². The van der Waals surface area contributed by atoms with Gasteiger partial charge in [-0.05, 0) is 0 Å². The maximum atomic E-state index is 10.9. The Morgan fingerprint density at radius 3 is 2.50 bits per heavy atom. The second kappa shape index (κ2) is 5.55. The molecule has 1 heterocycles. The highest BCUT2D eigenvalue weighted by molar-refractivity contribution is 5.73. The van der Waals surface area contributed by atoms with Crippen LogP contribution < -0.4 is 5.32 Å². The summed E-state index contributed by atoms with van der Waals surface area (Å²) in [6.45, 7) is 0.842. The fourth-order valence-corrected chi connectivity index (χ4v) is 1.67. The van der Waals surface area contributed by atoms with Gasteiger partial charge >= 0.3 is 0 Å². The molecule has 94 valence electrons. The van der Waals surface area contributed by atoms with Gasteiger partial charge in [0.25, 0.3) is 0 Å². The van der Waals surface area contributed by atoms with Gasteiger partial charge in [0, 0.05) is 14.0 Å². The van der Waals surface area contributed by atoms with E-state index in [2.05, 4.69) is 5.32 Å². The highest BCUT2D eigenvalue weighted by Crippen LogP contribution is 2.21. The van der Waals surface area contributed by atoms with Crippen LogP contribution in [0.1, 0.15) is 6.92 Å². The number of carbonyl (C=O) groups is 1. The Labute approximate surface area is 93.0 Å². The fourth-order valence-electron chi connectivity index (χ4n) is 1.67. The smallest absolute Gasteiger partial charge is 0.217 e.